The Bertz CT molecular complexity index is 494. The van der Waals surface area contributed by atoms with Crippen LogP contribution in [0, 0.1) is 0 Å². The van der Waals surface area contributed by atoms with E-state index in [0.29, 0.717) is 19.0 Å². The van der Waals surface area contributed by atoms with Gasteiger partial charge in [-0.25, -0.2) is 0 Å². The van der Waals surface area contributed by atoms with Crippen LogP contribution in [0.3, 0.4) is 0 Å². The molecule has 0 bridgehead atoms. The van der Waals surface area contributed by atoms with Crippen molar-refractivity contribution in [2.24, 2.45) is 0 Å². The fraction of sp³-hybridized carbons (Fsp3) is 0.250. The van der Waals surface area contributed by atoms with E-state index in [1.54, 1.807) is 6.92 Å². The second-order valence-electron chi connectivity index (χ2n) is 4.22. The Balaban J connectivity index is 1.83. The Morgan fingerprint density at radius 1 is 0.895 bits per heavy atom. The summed E-state index contributed by atoms with van der Waals surface area (Å²) in [5, 5.41) is 9.63. The zero-order valence-corrected chi connectivity index (χ0v) is 11.0. The van der Waals surface area contributed by atoms with Gasteiger partial charge in [0.05, 0.1) is 6.10 Å². The Kier molecular flexibility index (Phi) is 4.81. The fourth-order valence-electron chi connectivity index (χ4n) is 1.78. The summed E-state index contributed by atoms with van der Waals surface area (Å²) in [4.78, 5) is 0. The first-order chi connectivity index (χ1) is 9.27. The largest absolute Gasteiger partial charge is 0.490 e. The molecule has 0 aliphatic rings. The molecule has 0 saturated heterocycles. The second kappa shape index (κ2) is 6.81. The molecule has 0 saturated carbocycles. The first-order valence-electron chi connectivity index (χ1n) is 6.35. The summed E-state index contributed by atoms with van der Waals surface area (Å²) in [5.41, 5.74) is 0.794. The van der Waals surface area contributed by atoms with E-state index < -0.39 is 6.10 Å². The molecule has 19 heavy (non-hydrogen) atoms. The Morgan fingerprint density at radius 3 is 2.26 bits per heavy atom. The van der Waals surface area contributed by atoms with Crippen LogP contribution in [-0.4, -0.2) is 18.3 Å². The Labute approximate surface area is 113 Å². The monoisotopic (exact) mass is 258 g/mol. The van der Waals surface area contributed by atoms with Crippen molar-refractivity contribution >= 4 is 0 Å². The Morgan fingerprint density at radius 2 is 1.53 bits per heavy atom. The lowest BCUT2D eigenvalue weighted by molar-refractivity contribution is 0.182. The van der Waals surface area contributed by atoms with Crippen molar-refractivity contribution in [2.45, 2.75) is 13.0 Å². The molecule has 1 N–H and O–H groups in total. The van der Waals surface area contributed by atoms with Crippen LogP contribution in [0.25, 0.3) is 0 Å². The average molecular weight is 258 g/mol. The molecule has 1 atom stereocenters. The Hall–Kier alpha value is -2.00. The molecule has 1 unspecified atom stereocenters. The van der Waals surface area contributed by atoms with Gasteiger partial charge in [0.2, 0.25) is 0 Å². The predicted octanol–water partition coefficient (Wildman–Crippen LogP) is 3.20. The van der Waals surface area contributed by atoms with Gasteiger partial charge in [0.25, 0.3) is 0 Å². The van der Waals surface area contributed by atoms with Crippen molar-refractivity contribution in [1.82, 2.24) is 0 Å². The number of hydrogen-bond donors (Lipinski definition) is 1. The molecule has 0 aromatic heterocycles. The third kappa shape index (κ3) is 4.00. The number of benzene rings is 2. The summed E-state index contributed by atoms with van der Waals surface area (Å²) in [6, 6.07) is 17.1. The van der Waals surface area contributed by atoms with Crippen LogP contribution in [0.2, 0.25) is 0 Å². The van der Waals surface area contributed by atoms with Crippen LogP contribution >= 0.6 is 0 Å². The fourth-order valence-corrected chi connectivity index (χ4v) is 1.78. The molecule has 2 aromatic carbocycles. The summed E-state index contributed by atoms with van der Waals surface area (Å²) in [6.45, 7) is 2.64. The zero-order valence-electron chi connectivity index (χ0n) is 11.0. The summed E-state index contributed by atoms with van der Waals surface area (Å²) in [6.07, 6.45) is -0.536. The molecule has 0 amide bonds. The maximum absolute atomic E-state index is 9.63. The lowest BCUT2D eigenvalue weighted by atomic mass is 10.1. The van der Waals surface area contributed by atoms with Crippen LogP contribution in [-0.2, 0) is 0 Å². The van der Waals surface area contributed by atoms with Gasteiger partial charge >= 0.3 is 0 Å². The molecule has 0 spiro atoms. The standard InChI is InChI=1S/C16H18O3/c1-13(17)15-9-5-6-10-16(15)19-12-11-18-14-7-3-2-4-8-14/h2-10,13,17H,11-12H2,1H3. The maximum atomic E-state index is 9.63. The highest BCUT2D eigenvalue weighted by Crippen LogP contribution is 2.24. The van der Waals surface area contributed by atoms with Gasteiger partial charge in [-0.2, -0.15) is 0 Å². The molecular weight excluding hydrogens is 240 g/mol. The highest BCUT2D eigenvalue weighted by atomic mass is 16.5. The van der Waals surface area contributed by atoms with Gasteiger partial charge in [0.1, 0.15) is 24.7 Å². The highest BCUT2D eigenvalue weighted by Gasteiger charge is 2.07. The topological polar surface area (TPSA) is 38.7 Å². The third-order valence-corrected chi connectivity index (χ3v) is 2.72. The number of para-hydroxylation sites is 2. The predicted molar refractivity (Wildman–Crippen MR) is 74.5 cm³/mol. The zero-order chi connectivity index (χ0) is 13.5. The van der Waals surface area contributed by atoms with E-state index in [2.05, 4.69) is 0 Å². The summed E-state index contributed by atoms with van der Waals surface area (Å²) < 4.78 is 11.2. The van der Waals surface area contributed by atoms with Crippen molar-refractivity contribution in [2.75, 3.05) is 13.2 Å². The van der Waals surface area contributed by atoms with Gasteiger partial charge in [0, 0.05) is 5.56 Å². The van der Waals surface area contributed by atoms with E-state index in [0.717, 1.165) is 11.3 Å². The van der Waals surface area contributed by atoms with Crippen molar-refractivity contribution in [3.8, 4) is 11.5 Å². The van der Waals surface area contributed by atoms with Crippen LogP contribution in [0.4, 0.5) is 0 Å². The summed E-state index contributed by atoms with van der Waals surface area (Å²) >= 11 is 0. The van der Waals surface area contributed by atoms with Gasteiger partial charge in [0.15, 0.2) is 0 Å². The average Bonchev–Trinajstić information content (AvgIpc) is 2.45. The maximum Gasteiger partial charge on any atom is 0.125 e. The molecule has 3 nitrogen and oxygen atoms in total. The van der Waals surface area contributed by atoms with Crippen molar-refractivity contribution in [1.29, 1.82) is 0 Å². The first kappa shape index (κ1) is 13.4. The normalized spacial score (nSPS) is 11.9. The molecule has 0 aliphatic carbocycles. The number of aliphatic hydroxyl groups is 1. The molecular formula is C16H18O3. The van der Waals surface area contributed by atoms with E-state index in [4.69, 9.17) is 9.47 Å². The molecule has 2 aromatic rings. The highest BCUT2D eigenvalue weighted by molar-refractivity contribution is 5.34. The molecule has 0 radical (unpaired) electrons. The number of rotatable bonds is 6. The smallest absolute Gasteiger partial charge is 0.125 e. The van der Waals surface area contributed by atoms with Crippen LogP contribution in [0.1, 0.15) is 18.6 Å². The lowest BCUT2D eigenvalue weighted by Gasteiger charge is -2.13. The molecule has 100 valence electrons. The molecule has 0 heterocycles. The summed E-state index contributed by atoms with van der Waals surface area (Å²) in [7, 11) is 0. The minimum absolute atomic E-state index is 0.443. The molecule has 3 heteroatoms. The minimum atomic E-state index is -0.536. The summed E-state index contributed by atoms with van der Waals surface area (Å²) in [5.74, 6) is 1.53. The van der Waals surface area contributed by atoms with Gasteiger partial charge < -0.3 is 14.6 Å². The van der Waals surface area contributed by atoms with Crippen molar-refractivity contribution in [3.63, 3.8) is 0 Å². The molecule has 2 rings (SSSR count). The van der Waals surface area contributed by atoms with Gasteiger partial charge in [-0.1, -0.05) is 36.4 Å². The van der Waals surface area contributed by atoms with E-state index in [9.17, 15) is 5.11 Å². The second-order valence-corrected chi connectivity index (χ2v) is 4.22. The van der Waals surface area contributed by atoms with E-state index in [1.807, 2.05) is 54.6 Å². The number of ether oxygens (including phenoxy) is 2. The third-order valence-electron chi connectivity index (χ3n) is 2.72. The SMILES string of the molecule is CC(O)c1ccccc1OCCOc1ccccc1. The van der Waals surface area contributed by atoms with Crippen LogP contribution in [0.15, 0.2) is 54.6 Å². The minimum Gasteiger partial charge on any atom is -0.490 e. The van der Waals surface area contributed by atoms with E-state index in [-0.39, 0.29) is 0 Å². The van der Waals surface area contributed by atoms with Gasteiger partial charge in [-0.3, -0.25) is 0 Å². The molecule has 0 aliphatic heterocycles. The van der Waals surface area contributed by atoms with Gasteiger partial charge in [-0.15, -0.1) is 0 Å². The van der Waals surface area contributed by atoms with Crippen LogP contribution < -0.4 is 9.47 Å². The first-order valence-corrected chi connectivity index (χ1v) is 6.35. The van der Waals surface area contributed by atoms with Crippen LogP contribution in [0.5, 0.6) is 11.5 Å². The van der Waals surface area contributed by atoms with E-state index in [1.165, 1.54) is 0 Å². The van der Waals surface area contributed by atoms with Crippen molar-refractivity contribution in [3.05, 3.63) is 60.2 Å². The van der Waals surface area contributed by atoms with Gasteiger partial charge in [-0.05, 0) is 25.1 Å². The quantitative estimate of drug-likeness (QED) is 0.809. The lowest BCUT2D eigenvalue weighted by Crippen LogP contribution is -2.10. The number of aliphatic hydroxyl groups excluding tert-OH is 1. The molecule has 0 fully saturated rings. The van der Waals surface area contributed by atoms with E-state index >= 15 is 0 Å². The number of hydrogen-bond acceptors (Lipinski definition) is 3. The van der Waals surface area contributed by atoms with Crippen molar-refractivity contribution < 1.29 is 14.6 Å².